The first kappa shape index (κ1) is 49.2. The molecule has 0 unspecified atom stereocenters. The van der Waals surface area contributed by atoms with E-state index >= 15 is 0 Å². The number of hydrogen-bond acceptors (Lipinski definition) is 7. The number of hydrazine groups is 1. The Hall–Kier alpha value is -1.97. The van der Waals surface area contributed by atoms with E-state index in [0.29, 0.717) is 12.8 Å². The van der Waals surface area contributed by atoms with Crippen molar-refractivity contribution in [3.8, 4) is 0 Å². The number of carbonyl (C=O) groups excluding carboxylic acids is 2. The van der Waals surface area contributed by atoms with Crippen molar-refractivity contribution in [2.75, 3.05) is 13.2 Å². The molecule has 9 heteroatoms. The molecule has 0 radical (unpaired) electrons. The van der Waals surface area contributed by atoms with Gasteiger partial charge in [0.25, 0.3) is 10.0 Å². The van der Waals surface area contributed by atoms with Crippen molar-refractivity contribution in [3.05, 3.63) is 29.3 Å². The number of esters is 2. The average molecular weight is 791 g/mol. The summed E-state index contributed by atoms with van der Waals surface area (Å²) in [5.74, 6) is 4.93. The van der Waals surface area contributed by atoms with Crippen molar-refractivity contribution in [2.45, 2.75) is 237 Å². The highest BCUT2D eigenvalue weighted by molar-refractivity contribution is 7.89. The molecule has 0 spiro atoms. The van der Waals surface area contributed by atoms with Crippen molar-refractivity contribution >= 4 is 22.0 Å². The molecule has 0 amide bonds. The molecule has 0 heterocycles. The van der Waals surface area contributed by atoms with E-state index in [1.165, 1.54) is 159 Å². The summed E-state index contributed by atoms with van der Waals surface area (Å²) in [5, 5.41) is 0. The van der Waals surface area contributed by atoms with Crippen LogP contribution in [0.4, 0.5) is 0 Å². The van der Waals surface area contributed by atoms with Gasteiger partial charge < -0.3 is 9.47 Å². The van der Waals surface area contributed by atoms with Crippen molar-refractivity contribution in [1.82, 2.24) is 4.41 Å². The van der Waals surface area contributed by atoms with Crippen LogP contribution in [-0.4, -0.2) is 44.0 Å². The lowest BCUT2D eigenvalue weighted by Gasteiger charge is -2.29. The van der Waals surface area contributed by atoms with Crippen LogP contribution in [-0.2, 0) is 19.5 Å². The summed E-state index contributed by atoms with van der Waals surface area (Å²) in [6.07, 6.45) is 38.9. The summed E-state index contributed by atoms with van der Waals surface area (Å²) in [4.78, 5) is 26.2. The third-order valence-electron chi connectivity index (χ3n) is 11.4. The number of nitrogens with two attached hydrogens (primary N) is 1. The van der Waals surface area contributed by atoms with Gasteiger partial charge in [0.2, 0.25) is 0 Å². The molecule has 0 saturated heterocycles. The normalized spacial score (nSPS) is 13.7. The van der Waals surface area contributed by atoms with Gasteiger partial charge in [-0.1, -0.05) is 200 Å². The van der Waals surface area contributed by atoms with Crippen LogP contribution in [0.15, 0.2) is 23.1 Å². The lowest BCUT2D eigenvalue weighted by atomic mass is 9.96. The first-order valence-electron chi connectivity index (χ1n) is 23.1. The van der Waals surface area contributed by atoms with E-state index in [2.05, 4.69) is 13.8 Å². The second kappa shape index (κ2) is 32.0. The molecule has 1 aliphatic carbocycles. The smallest absolute Gasteiger partial charge is 0.338 e. The van der Waals surface area contributed by atoms with Gasteiger partial charge in [0.05, 0.1) is 29.2 Å². The fraction of sp³-hybridized carbons (Fsp3) is 0.826. The molecule has 2 N–H and O–H groups in total. The van der Waals surface area contributed by atoms with Crippen LogP contribution in [0.3, 0.4) is 0 Å². The van der Waals surface area contributed by atoms with E-state index in [-0.39, 0.29) is 35.3 Å². The molecule has 318 valence electrons. The van der Waals surface area contributed by atoms with Crippen LogP contribution in [0.5, 0.6) is 0 Å². The lowest BCUT2D eigenvalue weighted by Crippen LogP contribution is -2.46. The zero-order valence-electron chi connectivity index (χ0n) is 35.4. The number of sulfonamides is 1. The molecular weight excluding hydrogens is 709 g/mol. The number of hydrogen-bond donors (Lipinski definition) is 1. The first-order valence-corrected chi connectivity index (χ1v) is 24.5. The monoisotopic (exact) mass is 791 g/mol. The summed E-state index contributed by atoms with van der Waals surface area (Å²) in [6.45, 7) is 5.01. The minimum Gasteiger partial charge on any atom is -0.462 e. The van der Waals surface area contributed by atoms with E-state index in [9.17, 15) is 18.0 Å². The molecule has 2 rings (SSSR count). The van der Waals surface area contributed by atoms with Crippen LogP contribution >= 0.6 is 0 Å². The van der Waals surface area contributed by atoms with Crippen LogP contribution in [0.2, 0.25) is 0 Å². The summed E-state index contributed by atoms with van der Waals surface area (Å²) >= 11 is 0. The molecule has 1 aliphatic rings. The Morgan fingerprint density at radius 3 is 1.16 bits per heavy atom. The molecule has 1 saturated carbocycles. The number of carbonyl (C=O) groups is 2. The highest BCUT2D eigenvalue weighted by Gasteiger charge is 2.31. The third kappa shape index (κ3) is 22.5. The fourth-order valence-electron chi connectivity index (χ4n) is 7.73. The summed E-state index contributed by atoms with van der Waals surface area (Å²) in [7, 11) is -4.16. The minimum absolute atomic E-state index is 0.0203. The minimum atomic E-state index is -4.16. The molecule has 0 bridgehead atoms. The van der Waals surface area contributed by atoms with E-state index in [1.54, 1.807) is 0 Å². The quantitative estimate of drug-likeness (QED) is 0.0315. The SMILES string of the molecule is CCCCCCCCCCCCCCCCOC(=O)c1cc(C(=O)OCCCCCCCCCCCCCCCC)cc(S(=O)(=O)N(N)C2CCCCC2)c1. The maximum atomic E-state index is 13.7. The Bertz CT molecular complexity index is 1170. The summed E-state index contributed by atoms with van der Waals surface area (Å²) in [6, 6.07) is 3.65. The van der Waals surface area contributed by atoms with E-state index in [4.69, 9.17) is 15.3 Å². The zero-order chi connectivity index (χ0) is 39.8. The predicted molar refractivity (Wildman–Crippen MR) is 228 cm³/mol. The molecule has 8 nitrogen and oxygen atoms in total. The van der Waals surface area contributed by atoms with Crippen LogP contribution in [0.25, 0.3) is 0 Å². The van der Waals surface area contributed by atoms with Gasteiger partial charge in [0.15, 0.2) is 0 Å². The average Bonchev–Trinajstić information content (AvgIpc) is 3.20. The highest BCUT2D eigenvalue weighted by Crippen LogP contribution is 2.27. The topological polar surface area (TPSA) is 116 Å². The summed E-state index contributed by atoms with van der Waals surface area (Å²) < 4.78 is 39.5. The molecule has 1 fully saturated rings. The molecule has 1 aromatic carbocycles. The molecular formula is C46H82N2O6S. The number of unbranched alkanes of at least 4 members (excludes halogenated alkanes) is 26. The van der Waals surface area contributed by atoms with Gasteiger partial charge in [-0.3, -0.25) is 5.84 Å². The molecule has 1 aromatic rings. The molecule has 0 aromatic heterocycles. The van der Waals surface area contributed by atoms with Gasteiger partial charge in [-0.2, -0.15) is 0 Å². The van der Waals surface area contributed by atoms with Crippen LogP contribution in [0, 0.1) is 0 Å². The Kier molecular flexibility index (Phi) is 28.6. The Labute approximate surface area is 337 Å². The van der Waals surface area contributed by atoms with E-state index in [1.807, 2.05) is 0 Å². The number of benzene rings is 1. The lowest BCUT2D eigenvalue weighted by molar-refractivity contribution is 0.0495. The number of ether oxygens (including phenoxy) is 2. The Balaban J connectivity index is 1.79. The van der Waals surface area contributed by atoms with Gasteiger partial charge in [-0.15, -0.1) is 4.41 Å². The van der Waals surface area contributed by atoms with Crippen molar-refractivity contribution < 1.29 is 27.5 Å². The second-order valence-corrected chi connectivity index (χ2v) is 18.2. The standard InChI is InChI=1S/C46H82N2O6S/c1-3-5-7-9-11-13-15-17-19-21-23-25-27-32-36-53-45(49)41-38-42(40-44(39-41)55(51,52)48(47)43-34-30-29-31-35-43)46(50)54-37-33-28-26-24-22-20-18-16-14-12-10-8-6-4-2/h38-40,43H,3-37,47H2,1-2H3. The van der Waals surface area contributed by atoms with Gasteiger partial charge in [0, 0.05) is 6.04 Å². The van der Waals surface area contributed by atoms with Crippen LogP contribution < -0.4 is 5.84 Å². The maximum Gasteiger partial charge on any atom is 0.338 e. The fourth-order valence-corrected chi connectivity index (χ4v) is 9.13. The zero-order valence-corrected chi connectivity index (χ0v) is 36.3. The largest absolute Gasteiger partial charge is 0.462 e. The number of rotatable bonds is 35. The Morgan fingerprint density at radius 2 is 0.836 bits per heavy atom. The van der Waals surface area contributed by atoms with E-state index < -0.39 is 22.0 Å². The maximum absolute atomic E-state index is 13.7. The van der Waals surface area contributed by atoms with Gasteiger partial charge in [-0.05, 0) is 43.9 Å². The van der Waals surface area contributed by atoms with Crippen molar-refractivity contribution in [2.24, 2.45) is 5.84 Å². The predicted octanol–water partition coefficient (Wildman–Crippen LogP) is 13.2. The summed E-state index contributed by atoms with van der Waals surface area (Å²) in [5.41, 5.74) is 0.0406. The van der Waals surface area contributed by atoms with Crippen LogP contribution in [0.1, 0.15) is 246 Å². The van der Waals surface area contributed by atoms with Gasteiger partial charge in [0.1, 0.15) is 0 Å². The van der Waals surface area contributed by atoms with Gasteiger partial charge in [-0.25, -0.2) is 18.0 Å². The van der Waals surface area contributed by atoms with Crippen molar-refractivity contribution in [1.29, 1.82) is 0 Å². The second-order valence-electron chi connectivity index (χ2n) is 16.3. The first-order chi connectivity index (χ1) is 26.8. The highest BCUT2D eigenvalue weighted by atomic mass is 32.2. The Morgan fingerprint density at radius 1 is 0.527 bits per heavy atom. The van der Waals surface area contributed by atoms with Gasteiger partial charge >= 0.3 is 11.9 Å². The molecule has 0 atom stereocenters. The van der Waals surface area contributed by atoms with E-state index in [0.717, 1.165) is 62.2 Å². The molecule has 55 heavy (non-hydrogen) atoms. The number of nitrogens with zero attached hydrogens (tertiary/aromatic N) is 1. The third-order valence-corrected chi connectivity index (χ3v) is 13.0. The van der Waals surface area contributed by atoms with Crippen molar-refractivity contribution in [3.63, 3.8) is 0 Å². The molecule has 0 aliphatic heterocycles.